The number of halogens is 2. The van der Waals surface area contributed by atoms with Crippen molar-refractivity contribution in [1.82, 2.24) is 5.32 Å². The molecule has 0 heterocycles. The zero-order valence-corrected chi connectivity index (χ0v) is 11.5. The van der Waals surface area contributed by atoms with Gasteiger partial charge in [0.05, 0.1) is 0 Å². The van der Waals surface area contributed by atoms with Crippen LogP contribution in [0, 0.1) is 17.6 Å². The number of hydrogen-bond donors (Lipinski definition) is 1. The summed E-state index contributed by atoms with van der Waals surface area (Å²) in [7, 11) is 0. The van der Waals surface area contributed by atoms with E-state index in [0.717, 1.165) is 31.4 Å². The third-order valence-electron chi connectivity index (χ3n) is 3.02. The standard InChI is InChI=1S/C15H23F2N/c1-4-5-13(10-18-11(2)3)8-12-6-7-14(16)15(17)9-12/h6-7,9,11,13,18H,4-5,8,10H2,1-3H3. The lowest BCUT2D eigenvalue weighted by Crippen LogP contribution is -2.30. The highest BCUT2D eigenvalue weighted by molar-refractivity contribution is 5.18. The minimum absolute atomic E-state index is 0.453. The molecule has 0 aromatic heterocycles. The van der Waals surface area contributed by atoms with Gasteiger partial charge in [-0.05, 0) is 43.0 Å². The summed E-state index contributed by atoms with van der Waals surface area (Å²) in [6, 6.07) is 4.65. The van der Waals surface area contributed by atoms with Crippen LogP contribution in [0.25, 0.3) is 0 Å². The van der Waals surface area contributed by atoms with Gasteiger partial charge in [0.15, 0.2) is 11.6 Å². The summed E-state index contributed by atoms with van der Waals surface area (Å²) in [6.45, 7) is 7.29. The van der Waals surface area contributed by atoms with E-state index in [-0.39, 0.29) is 0 Å². The summed E-state index contributed by atoms with van der Waals surface area (Å²) in [6.07, 6.45) is 3.00. The summed E-state index contributed by atoms with van der Waals surface area (Å²) in [4.78, 5) is 0. The molecule has 1 rings (SSSR count). The van der Waals surface area contributed by atoms with Gasteiger partial charge in [0, 0.05) is 6.04 Å². The molecule has 0 saturated carbocycles. The van der Waals surface area contributed by atoms with Crippen LogP contribution in [-0.4, -0.2) is 12.6 Å². The Morgan fingerprint density at radius 1 is 1.17 bits per heavy atom. The van der Waals surface area contributed by atoms with Crippen LogP contribution in [0.2, 0.25) is 0 Å². The predicted molar refractivity (Wildman–Crippen MR) is 71.6 cm³/mol. The van der Waals surface area contributed by atoms with E-state index in [9.17, 15) is 8.78 Å². The molecule has 3 heteroatoms. The maximum absolute atomic E-state index is 13.1. The Labute approximate surface area is 109 Å². The van der Waals surface area contributed by atoms with Crippen molar-refractivity contribution in [2.75, 3.05) is 6.54 Å². The Morgan fingerprint density at radius 2 is 1.89 bits per heavy atom. The minimum atomic E-state index is -0.772. The number of benzene rings is 1. The van der Waals surface area contributed by atoms with Crippen LogP contribution in [0.4, 0.5) is 8.78 Å². The van der Waals surface area contributed by atoms with Gasteiger partial charge in [-0.1, -0.05) is 33.3 Å². The molecule has 0 amide bonds. The van der Waals surface area contributed by atoms with Gasteiger partial charge >= 0.3 is 0 Å². The van der Waals surface area contributed by atoms with Crippen molar-refractivity contribution in [1.29, 1.82) is 0 Å². The largest absolute Gasteiger partial charge is 0.314 e. The summed E-state index contributed by atoms with van der Waals surface area (Å²) < 4.78 is 26.0. The lowest BCUT2D eigenvalue weighted by atomic mass is 9.94. The molecule has 0 fully saturated rings. The van der Waals surface area contributed by atoms with Gasteiger partial charge in [0.1, 0.15) is 0 Å². The first-order chi connectivity index (χ1) is 8.52. The summed E-state index contributed by atoms with van der Waals surface area (Å²) in [5.74, 6) is -1.05. The van der Waals surface area contributed by atoms with E-state index in [1.165, 1.54) is 12.1 Å². The quantitative estimate of drug-likeness (QED) is 0.778. The van der Waals surface area contributed by atoms with Crippen molar-refractivity contribution in [2.24, 2.45) is 5.92 Å². The topological polar surface area (TPSA) is 12.0 Å². The molecule has 1 unspecified atom stereocenters. The first-order valence-electron chi connectivity index (χ1n) is 6.70. The second-order valence-electron chi connectivity index (χ2n) is 5.17. The molecule has 0 aliphatic rings. The van der Waals surface area contributed by atoms with E-state index in [0.29, 0.717) is 12.0 Å². The molecule has 102 valence electrons. The lowest BCUT2D eigenvalue weighted by Gasteiger charge is -2.19. The molecule has 1 aromatic carbocycles. The molecular formula is C15H23F2N. The Hall–Kier alpha value is -0.960. The van der Waals surface area contributed by atoms with Crippen molar-refractivity contribution in [3.8, 4) is 0 Å². The van der Waals surface area contributed by atoms with Gasteiger partial charge < -0.3 is 5.32 Å². The van der Waals surface area contributed by atoms with E-state index in [1.54, 1.807) is 6.07 Å². The summed E-state index contributed by atoms with van der Waals surface area (Å²) >= 11 is 0. The molecule has 1 aromatic rings. The van der Waals surface area contributed by atoms with Crippen LogP contribution < -0.4 is 5.32 Å². The Balaban J connectivity index is 2.61. The highest BCUT2D eigenvalue weighted by atomic mass is 19.2. The number of hydrogen-bond acceptors (Lipinski definition) is 1. The molecule has 18 heavy (non-hydrogen) atoms. The van der Waals surface area contributed by atoms with Crippen LogP contribution in [0.1, 0.15) is 39.2 Å². The van der Waals surface area contributed by atoms with Gasteiger partial charge in [0.25, 0.3) is 0 Å². The third kappa shape index (κ3) is 5.13. The molecule has 0 aliphatic carbocycles. The zero-order valence-electron chi connectivity index (χ0n) is 11.5. The van der Waals surface area contributed by atoms with Crippen molar-refractivity contribution >= 4 is 0 Å². The van der Waals surface area contributed by atoms with Crippen LogP contribution in [0.5, 0.6) is 0 Å². The van der Waals surface area contributed by atoms with Crippen LogP contribution >= 0.6 is 0 Å². The van der Waals surface area contributed by atoms with Gasteiger partial charge in [-0.15, -0.1) is 0 Å². The smallest absolute Gasteiger partial charge is 0.159 e. The fourth-order valence-electron chi connectivity index (χ4n) is 2.09. The number of rotatable bonds is 7. The average molecular weight is 255 g/mol. The van der Waals surface area contributed by atoms with E-state index in [1.807, 2.05) is 0 Å². The van der Waals surface area contributed by atoms with Crippen molar-refractivity contribution in [3.05, 3.63) is 35.4 Å². The highest BCUT2D eigenvalue weighted by Crippen LogP contribution is 2.16. The van der Waals surface area contributed by atoms with Crippen LogP contribution in [0.15, 0.2) is 18.2 Å². The van der Waals surface area contributed by atoms with Crippen LogP contribution in [-0.2, 0) is 6.42 Å². The Morgan fingerprint density at radius 3 is 2.44 bits per heavy atom. The van der Waals surface area contributed by atoms with Crippen molar-refractivity contribution < 1.29 is 8.78 Å². The molecular weight excluding hydrogens is 232 g/mol. The third-order valence-corrected chi connectivity index (χ3v) is 3.02. The van der Waals surface area contributed by atoms with Gasteiger partial charge in [-0.3, -0.25) is 0 Å². The SMILES string of the molecule is CCCC(CNC(C)C)Cc1ccc(F)c(F)c1. The normalized spacial score (nSPS) is 13.0. The lowest BCUT2D eigenvalue weighted by molar-refractivity contribution is 0.417. The Bertz CT molecular complexity index is 364. The molecule has 1 N–H and O–H groups in total. The predicted octanol–water partition coefficient (Wildman–Crippen LogP) is 3.92. The summed E-state index contributed by atoms with van der Waals surface area (Å²) in [5.41, 5.74) is 0.873. The van der Waals surface area contributed by atoms with Crippen molar-refractivity contribution in [2.45, 2.75) is 46.1 Å². The maximum atomic E-state index is 13.1. The molecule has 0 aliphatic heterocycles. The molecule has 0 spiro atoms. The summed E-state index contributed by atoms with van der Waals surface area (Å²) in [5, 5.41) is 3.41. The van der Waals surface area contributed by atoms with E-state index in [2.05, 4.69) is 26.1 Å². The number of nitrogens with one attached hydrogen (secondary N) is 1. The van der Waals surface area contributed by atoms with E-state index >= 15 is 0 Å². The first kappa shape index (κ1) is 15.1. The first-order valence-corrected chi connectivity index (χ1v) is 6.70. The van der Waals surface area contributed by atoms with Gasteiger partial charge in [0.2, 0.25) is 0 Å². The zero-order chi connectivity index (χ0) is 13.5. The van der Waals surface area contributed by atoms with E-state index in [4.69, 9.17) is 0 Å². The highest BCUT2D eigenvalue weighted by Gasteiger charge is 2.11. The molecule has 0 saturated heterocycles. The monoisotopic (exact) mass is 255 g/mol. The fraction of sp³-hybridized carbons (Fsp3) is 0.600. The van der Waals surface area contributed by atoms with Crippen LogP contribution in [0.3, 0.4) is 0 Å². The van der Waals surface area contributed by atoms with Gasteiger partial charge in [-0.2, -0.15) is 0 Å². The van der Waals surface area contributed by atoms with E-state index < -0.39 is 11.6 Å². The minimum Gasteiger partial charge on any atom is -0.314 e. The van der Waals surface area contributed by atoms with Crippen molar-refractivity contribution in [3.63, 3.8) is 0 Å². The molecule has 0 radical (unpaired) electrons. The molecule has 0 bridgehead atoms. The fourth-order valence-corrected chi connectivity index (χ4v) is 2.09. The molecule has 1 atom stereocenters. The second-order valence-corrected chi connectivity index (χ2v) is 5.17. The molecule has 1 nitrogen and oxygen atoms in total. The second kappa shape index (κ2) is 7.47. The van der Waals surface area contributed by atoms with Gasteiger partial charge in [-0.25, -0.2) is 8.78 Å². The Kier molecular flexibility index (Phi) is 6.27. The maximum Gasteiger partial charge on any atom is 0.159 e. The average Bonchev–Trinajstić information content (AvgIpc) is 2.31.